The Balaban J connectivity index is 1.59. The second-order valence-corrected chi connectivity index (χ2v) is 9.70. The summed E-state index contributed by atoms with van der Waals surface area (Å²) in [5, 5.41) is 0. The molecule has 2 aromatic rings. The van der Waals surface area contributed by atoms with Gasteiger partial charge in [-0.2, -0.15) is 0 Å². The number of benzene rings is 2. The van der Waals surface area contributed by atoms with E-state index in [2.05, 4.69) is 46.7 Å². The molecule has 7 atom stereocenters. The van der Waals surface area contributed by atoms with Gasteiger partial charge in [-0.3, -0.25) is 0 Å². The lowest BCUT2D eigenvalue weighted by Gasteiger charge is -2.32. The first-order valence-corrected chi connectivity index (χ1v) is 12.2. The van der Waals surface area contributed by atoms with Crippen molar-refractivity contribution in [3.63, 3.8) is 0 Å². The third kappa shape index (κ3) is 4.75. The van der Waals surface area contributed by atoms with E-state index in [1.54, 1.807) is 0 Å². The Labute approximate surface area is 197 Å². The van der Waals surface area contributed by atoms with Crippen LogP contribution in [0.1, 0.15) is 50.7 Å². The average Bonchev–Trinajstić information content (AvgIpc) is 3.32. The van der Waals surface area contributed by atoms with Gasteiger partial charge in [-0.1, -0.05) is 61.9 Å². The van der Waals surface area contributed by atoms with E-state index in [0.717, 1.165) is 30.8 Å². The predicted molar refractivity (Wildman–Crippen MR) is 135 cm³/mol. The Kier molecular flexibility index (Phi) is 7.14. The maximum atomic E-state index is 7.67. The summed E-state index contributed by atoms with van der Waals surface area (Å²) in [4.78, 5) is 0. The van der Waals surface area contributed by atoms with Gasteiger partial charge in [-0.25, -0.2) is 0 Å². The molecule has 1 aliphatic heterocycles. The number of rotatable bonds is 10. The topological polar surface area (TPSA) is 36.9 Å². The van der Waals surface area contributed by atoms with E-state index in [4.69, 9.17) is 19.8 Å². The van der Waals surface area contributed by atoms with Gasteiger partial charge in [0, 0.05) is 42.7 Å². The summed E-state index contributed by atoms with van der Waals surface area (Å²) in [6, 6.07) is 16.3. The molecule has 0 N–H and O–H groups in total. The van der Waals surface area contributed by atoms with Crippen molar-refractivity contribution in [3.05, 3.63) is 71.8 Å². The fourth-order valence-electron chi connectivity index (χ4n) is 5.06. The molecule has 2 aliphatic rings. The van der Waals surface area contributed by atoms with Crippen LogP contribution in [0, 0.1) is 5.92 Å². The molecule has 1 heterocycles. The van der Waals surface area contributed by atoms with Crippen molar-refractivity contribution in [2.24, 2.45) is 5.92 Å². The number of hydrogen-bond acceptors (Lipinski definition) is 4. The first-order valence-electron chi connectivity index (χ1n) is 11.9. The van der Waals surface area contributed by atoms with Gasteiger partial charge in [-0.15, -0.1) is 0 Å². The standard InChI is InChI=1S/C26H34O4P2/c1-4-9-17-10-8-13-20-24-19(21(29-31)16-22(24)27-25(17)20)14-15-23(30-32)26(2,3)28-18-11-6-5-7-12-18/h5-8,10-15,19,21-24H,4,9,16,31-32H2,1-3H3/b15-14+/t19-,21+,22-,23+,24-/m0/s1/i31T/t19-,21+,22-,23+,24-,31?. The molecule has 1 fully saturated rings. The molecule has 172 valence electrons. The highest BCUT2D eigenvalue weighted by molar-refractivity contribution is 7.10. The summed E-state index contributed by atoms with van der Waals surface area (Å²) in [7, 11) is 2.08. The molecular formula is C26H34O4P2. The maximum Gasteiger partial charge on any atom is 0.133 e. The maximum absolute atomic E-state index is 7.67. The molecule has 0 spiro atoms. The van der Waals surface area contributed by atoms with Crippen LogP contribution in [0.2, 0.25) is 0 Å². The van der Waals surface area contributed by atoms with E-state index in [0.29, 0.717) is 0 Å². The lowest BCUT2D eigenvalue weighted by molar-refractivity contribution is 0.0203. The Morgan fingerprint density at radius 2 is 2.03 bits per heavy atom. The van der Waals surface area contributed by atoms with Crippen LogP contribution < -0.4 is 9.47 Å². The molecule has 6 heteroatoms. The van der Waals surface area contributed by atoms with E-state index in [9.17, 15) is 0 Å². The summed E-state index contributed by atoms with van der Waals surface area (Å²) in [6.07, 6.45) is 6.94. The second kappa shape index (κ2) is 10.2. The monoisotopic (exact) mass is 474 g/mol. The first-order chi connectivity index (χ1) is 16.0. The third-order valence-corrected chi connectivity index (χ3v) is 7.20. The number of fused-ring (bicyclic) bond motifs is 3. The van der Waals surface area contributed by atoms with Crippen molar-refractivity contribution in [1.29, 1.82) is 1.28 Å². The van der Waals surface area contributed by atoms with Crippen molar-refractivity contribution in [2.45, 2.75) is 69.9 Å². The minimum absolute atomic E-state index is 0.0432. The van der Waals surface area contributed by atoms with Crippen LogP contribution in [0.25, 0.3) is 0 Å². The fraction of sp³-hybridized carbons (Fsp3) is 0.462. The average molecular weight is 475 g/mol. The molecule has 0 saturated heterocycles. The predicted octanol–water partition coefficient (Wildman–Crippen LogP) is 6.27. The van der Waals surface area contributed by atoms with Crippen LogP contribution in [0.4, 0.5) is 0 Å². The number of aryl methyl sites for hydroxylation is 1. The van der Waals surface area contributed by atoms with Gasteiger partial charge in [-0.05, 0) is 38.0 Å². The number of hydrogen-bond donors (Lipinski definition) is 0. The Hall–Kier alpha value is -1.44. The van der Waals surface area contributed by atoms with Crippen molar-refractivity contribution in [3.8, 4) is 11.5 Å². The van der Waals surface area contributed by atoms with Crippen LogP contribution >= 0.6 is 18.9 Å². The zero-order chi connectivity index (χ0) is 23.4. The van der Waals surface area contributed by atoms with E-state index in [1.807, 2.05) is 44.2 Å². The lowest BCUT2D eigenvalue weighted by Crippen LogP contribution is -2.41. The van der Waals surface area contributed by atoms with Crippen molar-refractivity contribution in [1.82, 2.24) is 0 Å². The van der Waals surface area contributed by atoms with Crippen LogP contribution in [-0.2, 0) is 15.5 Å². The zero-order valence-corrected chi connectivity index (χ0v) is 21.1. The Morgan fingerprint density at radius 3 is 2.75 bits per heavy atom. The van der Waals surface area contributed by atoms with Crippen LogP contribution in [-0.4, -0.2) is 25.2 Å². The quantitative estimate of drug-likeness (QED) is 0.301. The Morgan fingerprint density at radius 1 is 1.22 bits per heavy atom. The minimum Gasteiger partial charge on any atom is -0.489 e. The molecule has 1 aliphatic carbocycles. The molecule has 0 amide bonds. The van der Waals surface area contributed by atoms with Crippen molar-refractivity contribution >= 4 is 18.9 Å². The molecule has 0 radical (unpaired) electrons. The lowest BCUT2D eigenvalue weighted by atomic mass is 9.86. The summed E-state index contributed by atoms with van der Waals surface area (Å²) in [5.74, 6) is 2.20. The van der Waals surface area contributed by atoms with Gasteiger partial charge in [0.15, 0.2) is 0 Å². The second-order valence-electron chi connectivity index (χ2n) is 9.20. The van der Waals surface area contributed by atoms with Gasteiger partial charge in [0.25, 0.3) is 0 Å². The molecule has 2 unspecified atom stereocenters. The molecule has 32 heavy (non-hydrogen) atoms. The summed E-state index contributed by atoms with van der Waals surface area (Å²) < 4.78 is 32.0. The fourth-order valence-corrected chi connectivity index (χ4v) is 5.73. The van der Waals surface area contributed by atoms with Crippen molar-refractivity contribution in [2.75, 3.05) is 0 Å². The number of para-hydroxylation sites is 2. The Bertz CT molecular complexity index is 953. The van der Waals surface area contributed by atoms with E-state index in [1.165, 1.54) is 11.1 Å². The largest absolute Gasteiger partial charge is 0.489 e. The zero-order valence-electron chi connectivity index (χ0n) is 20.0. The molecule has 2 aromatic carbocycles. The normalized spacial score (nSPS) is 26.2. The highest BCUT2D eigenvalue weighted by Crippen LogP contribution is 2.53. The molecule has 4 nitrogen and oxygen atoms in total. The minimum atomic E-state index is -0.580. The first kappa shape index (κ1) is 22.4. The van der Waals surface area contributed by atoms with Crippen LogP contribution in [0.15, 0.2) is 60.7 Å². The summed E-state index contributed by atoms with van der Waals surface area (Å²) in [6.45, 7) is 6.25. The van der Waals surface area contributed by atoms with Gasteiger partial charge in [0.05, 0.1) is 7.38 Å². The van der Waals surface area contributed by atoms with E-state index >= 15 is 0 Å². The SMILES string of the molecule is [3H]PO[C@@H]1C[C@@H]2Oc3c(CCC)cccc3[C@@H]2[C@H]1/C=C/[C@@H](OP)C(C)(C)Oc1ccccc1. The third-order valence-electron chi connectivity index (χ3n) is 6.60. The molecule has 0 aromatic heterocycles. The summed E-state index contributed by atoms with van der Waals surface area (Å²) >= 11 is 0. The molecule has 0 bridgehead atoms. The number of ether oxygens (including phenoxy) is 2. The van der Waals surface area contributed by atoms with Gasteiger partial charge < -0.3 is 18.5 Å². The molecule has 4 rings (SSSR count). The van der Waals surface area contributed by atoms with Crippen molar-refractivity contribution < 1.29 is 18.5 Å². The van der Waals surface area contributed by atoms with E-state index < -0.39 is 5.60 Å². The van der Waals surface area contributed by atoms with Gasteiger partial charge >= 0.3 is 0 Å². The molecule has 1 saturated carbocycles. The van der Waals surface area contributed by atoms with Crippen LogP contribution in [0.3, 0.4) is 0 Å². The highest BCUT2D eigenvalue weighted by Gasteiger charge is 2.50. The molecular weight excluding hydrogens is 438 g/mol. The van der Waals surface area contributed by atoms with E-state index in [-0.39, 0.29) is 39.6 Å². The summed E-state index contributed by atoms with van der Waals surface area (Å²) in [5.41, 5.74) is 1.97. The van der Waals surface area contributed by atoms with Gasteiger partial charge in [0.2, 0.25) is 0 Å². The van der Waals surface area contributed by atoms with Gasteiger partial charge in [0.1, 0.15) is 29.3 Å². The van der Waals surface area contributed by atoms with Crippen LogP contribution in [0.5, 0.6) is 11.5 Å². The highest BCUT2D eigenvalue weighted by atomic mass is 31.0. The smallest absolute Gasteiger partial charge is 0.133 e.